The summed E-state index contributed by atoms with van der Waals surface area (Å²) in [5.74, 6) is -0.138. The summed E-state index contributed by atoms with van der Waals surface area (Å²) >= 11 is 1.19. The smallest absolute Gasteiger partial charge is 0.345 e. The van der Waals surface area contributed by atoms with Gasteiger partial charge in [-0.1, -0.05) is 18.2 Å². The first-order valence-corrected chi connectivity index (χ1v) is 8.89. The Hall–Kier alpha value is -3.85. The number of hydrogen-bond acceptors (Lipinski definition) is 8. The molecule has 8 nitrogen and oxygen atoms in total. The van der Waals surface area contributed by atoms with Crippen LogP contribution in [0, 0.1) is 10.1 Å². The molecular weight excluding hydrogens is 382 g/mol. The van der Waals surface area contributed by atoms with E-state index in [-0.39, 0.29) is 17.0 Å². The molecule has 2 aromatic heterocycles. The first-order chi connectivity index (χ1) is 13.5. The number of hydrogen-bond donors (Lipinski definition) is 1. The highest BCUT2D eigenvalue weighted by Crippen LogP contribution is 2.28. The van der Waals surface area contributed by atoms with Crippen molar-refractivity contribution in [3.63, 3.8) is 0 Å². The number of rotatable bonds is 4. The van der Waals surface area contributed by atoms with Crippen LogP contribution in [0.2, 0.25) is 0 Å². The minimum atomic E-state index is -0.558. The molecular formula is C19H11N3O5S. The van der Waals surface area contributed by atoms with Gasteiger partial charge < -0.3 is 9.52 Å². The highest BCUT2D eigenvalue weighted by Gasteiger charge is 2.12. The molecule has 9 heteroatoms. The first-order valence-electron chi connectivity index (χ1n) is 8.01. The van der Waals surface area contributed by atoms with Crippen molar-refractivity contribution >= 4 is 39.3 Å². The lowest BCUT2D eigenvalue weighted by molar-refractivity contribution is -0.384. The fourth-order valence-corrected chi connectivity index (χ4v) is 3.23. The number of benzene rings is 2. The zero-order chi connectivity index (χ0) is 19.7. The predicted molar refractivity (Wildman–Crippen MR) is 106 cm³/mol. The van der Waals surface area contributed by atoms with Crippen LogP contribution < -0.4 is 5.63 Å². The standard InChI is InChI=1S/C19H11N3O5S/c23-16-6-5-13(22(25)26)7-12(16)9-20-19-21-15(10-28-19)14-8-11-3-1-2-4-17(11)27-18(14)24/h1-10,23H/b20-9+. The Bertz CT molecular complexity index is 1290. The van der Waals surface area contributed by atoms with E-state index in [4.69, 9.17) is 4.42 Å². The molecule has 0 aliphatic carbocycles. The fourth-order valence-electron chi connectivity index (χ4n) is 2.57. The summed E-state index contributed by atoms with van der Waals surface area (Å²) in [5.41, 5.74) is 0.750. The molecule has 2 heterocycles. The second kappa shape index (κ2) is 7.05. The number of non-ortho nitro benzene ring substituents is 1. The summed E-state index contributed by atoms with van der Waals surface area (Å²) in [6, 6.07) is 12.5. The molecule has 1 N–H and O–H groups in total. The summed E-state index contributed by atoms with van der Waals surface area (Å²) in [6.07, 6.45) is 1.29. The molecule has 0 saturated carbocycles. The number of nitrogens with zero attached hydrogens (tertiary/aromatic N) is 3. The number of nitro benzene ring substituents is 1. The van der Waals surface area contributed by atoms with Crippen molar-refractivity contribution in [3.05, 3.63) is 80.0 Å². The van der Waals surface area contributed by atoms with Crippen LogP contribution in [-0.4, -0.2) is 21.2 Å². The van der Waals surface area contributed by atoms with Gasteiger partial charge in [0.05, 0.1) is 16.2 Å². The molecule has 4 aromatic rings. The molecule has 28 heavy (non-hydrogen) atoms. The quantitative estimate of drug-likeness (QED) is 0.239. The van der Waals surface area contributed by atoms with Crippen LogP contribution in [0.1, 0.15) is 5.56 Å². The molecule has 2 aromatic carbocycles. The Labute approximate surface area is 161 Å². The van der Waals surface area contributed by atoms with E-state index in [2.05, 4.69) is 9.98 Å². The number of aromatic hydroxyl groups is 1. The first kappa shape index (κ1) is 17.6. The number of thiazole rings is 1. The van der Waals surface area contributed by atoms with Crippen LogP contribution >= 0.6 is 11.3 Å². The molecule has 0 aliphatic rings. The maximum absolute atomic E-state index is 12.2. The molecule has 0 atom stereocenters. The van der Waals surface area contributed by atoms with Gasteiger partial charge in [-0.15, -0.1) is 11.3 Å². The van der Waals surface area contributed by atoms with Gasteiger partial charge in [0.25, 0.3) is 5.69 Å². The van der Waals surface area contributed by atoms with Crippen LogP contribution in [0.5, 0.6) is 5.75 Å². The number of aliphatic imine (C=N–C) groups is 1. The van der Waals surface area contributed by atoms with Gasteiger partial charge >= 0.3 is 5.63 Å². The number of phenolic OH excluding ortho intramolecular Hbond substituents is 1. The van der Waals surface area contributed by atoms with Crippen LogP contribution in [0.3, 0.4) is 0 Å². The molecule has 0 spiro atoms. The largest absolute Gasteiger partial charge is 0.507 e. The summed E-state index contributed by atoms with van der Waals surface area (Å²) in [5, 5.41) is 23.5. The lowest BCUT2D eigenvalue weighted by Crippen LogP contribution is -2.02. The van der Waals surface area contributed by atoms with E-state index in [1.807, 2.05) is 12.1 Å². The molecule has 0 saturated heterocycles. The zero-order valence-corrected chi connectivity index (χ0v) is 14.9. The number of phenols is 1. The second-order valence-electron chi connectivity index (χ2n) is 5.76. The van der Waals surface area contributed by atoms with E-state index < -0.39 is 10.5 Å². The topological polar surface area (TPSA) is 119 Å². The molecule has 0 aliphatic heterocycles. The van der Waals surface area contributed by atoms with Gasteiger partial charge in [0, 0.05) is 34.7 Å². The van der Waals surface area contributed by atoms with E-state index in [0.29, 0.717) is 22.0 Å². The molecule has 0 fully saturated rings. The maximum Gasteiger partial charge on any atom is 0.345 e. The van der Waals surface area contributed by atoms with E-state index in [0.717, 1.165) is 5.39 Å². The van der Waals surface area contributed by atoms with Gasteiger partial charge in [-0.2, -0.15) is 0 Å². The van der Waals surface area contributed by atoms with Crippen molar-refractivity contribution in [2.45, 2.75) is 0 Å². The zero-order valence-electron chi connectivity index (χ0n) is 14.1. The van der Waals surface area contributed by atoms with Crippen LogP contribution in [-0.2, 0) is 0 Å². The third-order valence-corrected chi connectivity index (χ3v) is 4.69. The molecule has 0 bridgehead atoms. The minimum Gasteiger partial charge on any atom is -0.507 e. The van der Waals surface area contributed by atoms with E-state index in [1.165, 1.54) is 35.8 Å². The Morgan fingerprint density at radius 2 is 2.04 bits per heavy atom. The van der Waals surface area contributed by atoms with Crippen molar-refractivity contribution in [2.24, 2.45) is 4.99 Å². The minimum absolute atomic E-state index is 0.138. The third-order valence-electron chi connectivity index (χ3n) is 3.95. The second-order valence-corrected chi connectivity index (χ2v) is 6.60. The van der Waals surface area contributed by atoms with E-state index >= 15 is 0 Å². The summed E-state index contributed by atoms with van der Waals surface area (Å²) in [6.45, 7) is 0. The molecule has 0 unspecified atom stereocenters. The Morgan fingerprint density at radius 1 is 1.21 bits per heavy atom. The van der Waals surface area contributed by atoms with Gasteiger partial charge in [0.1, 0.15) is 11.3 Å². The number of para-hydroxylation sites is 1. The normalized spacial score (nSPS) is 11.3. The highest BCUT2D eigenvalue weighted by atomic mass is 32.1. The van der Waals surface area contributed by atoms with Gasteiger partial charge in [0.15, 0.2) is 0 Å². The van der Waals surface area contributed by atoms with Gasteiger partial charge in [-0.05, 0) is 18.2 Å². The average Bonchev–Trinajstić information content (AvgIpc) is 3.15. The number of nitro groups is 1. The van der Waals surface area contributed by atoms with E-state index in [1.54, 1.807) is 23.6 Å². The molecule has 0 amide bonds. The summed E-state index contributed by atoms with van der Waals surface area (Å²) in [4.78, 5) is 31.0. The third kappa shape index (κ3) is 3.38. The number of fused-ring (bicyclic) bond motifs is 1. The molecule has 4 rings (SSSR count). The van der Waals surface area contributed by atoms with Crippen LogP contribution in [0.25, 0.3) is 22.2 Å². The molecule has 0 radical (unpaired) electrons. The van der Waals surface area contributed by atoms with Crippen molar-refractivity contribution < 1.29 is 14.4 Å². The Kier molecular flexibility index (Phi) is 4.42. The average molecular weight is 393 g/mol. The van der Waals surface area contributed by atoms with Gasteiger partial charge in [-0.3, -0.25) is 10.1 Å². The van der Waals surface area contributed by atoms with Crippen LogP contribution in [0.15, 0.2) is 68.1 Å². The van der Waals surface area contributed by atoms with Crippen molar-refractivity contribution in [2.75, 3.05) is 0 Å². The fraction of sp³-hybridized carbons (Fsp3) is 0. The van der Waals surface area contributed by atoms with Crippen molar-refractivity contribution in [1.82, 2.24) is 4.98 Å². The predicted octanol–water partition coefficient (Wildman–Crippen LogP) is 4.28. The Morgan fingerprint density at radius 3 is 2.86 bits per heavy atom. The lowest BCUT2D eigenvalue weighted by Gasteiger charge is -1.99. The SMILES string of the molecule is O=c1oc2ccccc2cc1-c1csc(/N=C/c2cc([N+](=O)[O-])ccc2O)n1. The van der Waals surface area contributed by atoms with Crippen molar-refractivity contribution in [3.8, 4) is 17.0 Å². The van der Waals surface area contributed by atoms with Gasteiger partial charge in [0.2, 0.25) is 5.13 Å². The monoisotopic (exact) mass is 393 g/mol. The maximum atomic E-state index is 12.2. The van der Waals surface area contributed by atoms with Crippen molar-refractivity contribution in [1.29, 1.82) is 0 Å². The molecule has 138 valence electrons. The lowest BCUT2D eigenvalue weighted by atomic mass is 10.1. The van der Waals surface area contributed by atoms with Crippen LogP contribution in [0.4, 0.5) is 10.8 Å². The Balaban J connectivity index is 1.66. The van der Waals surface area contributed by atoms with Gasteiger partial charge in [-0.25, -0.2) is 14.8 Å². The van der Waals surface area contributed by atoms with E-state index in [9.17, 15) is 20.0 Å². The summed E-state index contributed by atoms with van der Waals surface area (Å²) in [7, 11) is 0. The summed E-state index contributed by atoms with van der Waals surface area (Å²) < 4.78 is 5.31. The number of aromatic nitrogens is 1. The highest BCUT2D eigenvalue weighted by molar-refractivity contribution is 7.13.